The minimum absolute atomic E-state index is 0.0206. The first-order chi connectivity index (χ1) is 9.76. The largest absolute Gasteiger partial charge is 0.380 e. The maximum absolute atomic E-state index is 11.0. The third-order valence-electron chi connectivity index (χ3n) is 2.34. The van der Waals surface area contributed by atoms with Crippen LogP contribution < -0.4 is 5.32 Å². The van der Waals surface area contributed by atoms with Crippen LogP contribution in [0.2, 0.25) is 0 Å². The molecule has 1 amide bonds. The van der Waals surface area contributed by atoms with E-state index < -0.39 is 0 Å². The Bertz CT molecular complexity index is 387. The van der Waals surface area contributed by atoms with E-state index in [1.807, 2.05) is 28.8 Å². The number of rotatable bonds is 11. The van der Waals surface area contributed by atoms with E-state index in [1.165, 1.54) is 0 Å². The molecule has 0 radical (unpaired) electrons. The molecular formula is C12H21IN4O3. The summed E-state index contributed by atoms with van der Waals surface area (Å²) in [5.41, 5.74) is 0.778. The van der Waals surface area contributed by atoms with Crippen LogP contribution in [-0.4, -0.2) is 51.7 Å². The second-order valence-electron chi connectivity index (χ2n) is 4.12. The molecule has 1 rings (SSSR count). The Kier molecular flexibility index (Phi) is 9.50. The van der Waals surface area contributed by atoms with Crippen LogP contribution in [0, 0.1) is 0 Å². The first-order valence-corrected chi connectivity index (χ1v) is 8.16. The number of hydrogen-bond acceptors (Lipinski definition) is 5. The van der Waals surface area contributed by atoms with Crippen LogP contribution in [0.4, 0.5) is 0 Å². The second-order valence-corrected chi connectivity index (χ2v) is 4.88. The third-order valence-corrected chi connectivity index (χ3v) is 3.03. The van der Waals surface area contributed by atoms with Crippen LogP contribution in [0.15, 0.2) is 6.20 Å². The summed E-state index contributed by atoms with van der Waals surface area (Å²) in [6.07, 6.45) is 2.86. The second kappa shape index (κ2) is 11.0. The minimum atomic E-state index is 0.0206. The highest BCUT2D eigenvalue weighted by Crippen LogP contribution is 1.96. The zero-order chi connectivity index (χ0) is 14.6. The molecule has 0 atom stereocenters. The van der Waals surface area contributed by atoms with Gasteiger partial charge in [0.15, 0.2) is 0 Å². The molecule has 0 bridgehead atoms. The summed E-state index contributed by atoms with van der Waals surface area (Å²) >= 11 is 2.02. The van der Waals surface area contributed by atoms with E-state index in [-0.39, 0.29) is 5.91 Å². The summed E-state index contributed by atoms with van der Waals surface area (Å²) in [5, 5.41) is 10.7. The van der Waals surface area contributed by atoms with E-state index in [0.29, 0.717) is 37.3 Å². The van der Waals surface area contributed by atoms with Crippen LogP contribution in [-0.2, 0) is 27.4 Å². The van der Waals surface area contributed by atoms with Gasteiger partial charge < -0.3 is 14.8 Å². The molecule has 0 aliphatic rings. The molecule has 0 saturated heterocycles. The van der Waals surface area contributed by atoms with Gasteiger partial charge >= 0.3 is 0 Å². The molecule has 1 N–H and O–H groups in total. The van der Waals surface area contributed by atoms with Crippen molar-refractivity contribution < 1.29 is 14.3 Å². The Labute approximate surface area is 132 Å². The molecule has 20 heavy (non-hydrogen) atoms. The van der Waals surface area contributed by atoms with Gasteiger partial charge in [-0.15, -0.1) is 5.10 Å². The van der Waals surface area contributed by atoms with E-state index in [2.05, 4.69) is 22.6 Å². The Balaban J connectivity index is 2.09. The summed E-state index contributed by atoms with van der Waals surface area (Å²) < 4.78 is 13.0. The van der Waals surface area contributed by atoms with Gasteiger partial charge in [-0.05, 0) is 6.42 Å². The van der Waals surface area contributed by atoms with Gasteiger partial charge in [-0.3, -0.25) is 4.79 Å². The molecule has 0 aliphatic heterocycles. The minimum Gasteiger partial charge on any atom is -0.380 e. The lowest BCUT2D eigenvalue weighted by Crippen LogP contribution is -2.27. The number of nitrogens with zero attached hydrogens (tertiary/aromatic N) is 3. The van der Waals surface area contributed by atoms with Gasteiger partial charge in [0.25, 0.3) is 0 Å². The highest BCUT2D eigenvalue weighted by atomic mass is 127. The fourth-order valence-corrected chi connectivity index (χ4v) is 1.67. The van der Waals surface area contributed by atoms with Crippen LogP contribution in [0.3, 0.4) is 0 Å². The van der Waals surface area contributed by atoms with Gasteiger partial charge in [0, 0.05) is 13.2 Å². The van der Waals surface area contributed by atoms with E-state index in [1.54, 1.807) is 4.68 Å². The summed E-state index contributed by atoms with van der Waals surface area (Å²) in [5.74, 6) is 0.0206. The Morgan fingerprint density at radius 3 is 3.00 bits per heavy atom. The van der Waals surface area contributed by atoms with Crippen molar-refractivity contribution in [2.24, 2.45) is 0 Å². The van der Waals surface area contributed by atoms with Crippen molar-refractivity contribution in [2.75, 3.05) is 30.8 Å². The molecule has 0 unspecified atom stereocenters. The lowest BCUT2D eigenvalue weighted by molar-refractivity contribution is -0.118. The Hall–Kier alpha value is -0.740. The van der Waals surface area contributed by atoms with Gasteiger partial charge in [-0.1, -0.05) is 34.7 Å². The number of nitrogens with one attached hydrogen (secondary N) is 1. The molecule has 0 saturated carbocycles. The van der Waals surface area contributed by atoms with Crippen LogP contribution in [0.1, 0.15) is 19.0 Å². The molecule has 0 spiro atoms. The number of halogens is 1. The number of aromatic nitrogens is 3. The van der Waals surface area contributed by atoms with E-state index in [4.69, 9.17) is 9.47 Å². The Morgan fingerprint density at radius 1 is 1.40 bits per heavy atom. The smallest absolute Gasteiger partial charge is 0.229 e. The topological polar surface area (TPSA) is 78.3 Å². The van der Waals surface area contributed by atoms with Crippen molar-refractivity contribution in [3.63, 3.8) is 0 Å². The van der Waals surface area contributed by atoms with Gasteiger partial charge in [-0.25, -0.2) is 4.68 Å². The molecule has 0 aliphatic carbocycles. The average molecular weight is 396 g/mol. The van der Waals surface area contributed by atoms with E-state index in [0.717, 1.165) is 18.7 Å². The lowest BCUT2D eigenvalue weighted by Gasteiger charge is -2.03. The number of ether oxygens (including phenoxy) is 2. The van der Waals surface area contributed by atoms with Crippen LogP contribution >= 0.6 is 22.6 Å². The first kappa shape index (κ1) is 17.3. The van der Waals surface area contributed by atoms with Crippen molar-refractivity contribution >= 4 is 28.5 Å². The summed E-state index contributed by atoms with van der Waals surface area (Å²) in [6, 6.07) is 0. The zero-order valence-corrected chi connectivity index (χ0v) is 13.8. The highest BCUT2D eigenvalue weighted by molar-refractivity contribution is 14.1. The SMILES string of the molecule is CCCOCCn1cc(COCCNC(=O)CI)nn1. The summed E-state index contributed by atoms with van der Waals surface area (Å²) in [6.45, 7) is 5.56. The van der Waals surface area contributed by atoms with Gasteiger partial charge in [-0.2, -0.15) is 0 Å². The van der Waals surface area contributed by atoms with Crippen LogP contribution in [0.5, 0.6) is 0 Å². The van der Waals surface area contributed by atoms with Gasteiger partial charge in [0.2, 0.25) is 5.91 Å². The van der Waals surface area contributed by atoms with E-state index in [9.17, 15) is 4.79 Å². The average Bonchev–Trinajstić information content (AvgIpc) is 2.91. The van der Waals surface area contributed by atoms with E-state index >= 15 is 0 Å². The molecule has 0 aromatic carbocycles. The standard InChI is InChI=1S/C12H21IN4O3/c1-2-5-19-7-4-17-9-11(15-16-17)10-20-6-3-14-12(18)8-13/h9H,2-8,10H2,1H3,(H,14,18). The molecule has 1 heterocycles. The number of hydrogen-bond donors (Lipinski definition) is 1. The molecular weight excluding hydrogens is 375 g/mol. The number of carbonyl (C=O) groups excluding carboxylic acids is 1. The first-order valence-electron chi connectivity index (χ1n) is 6.63. The number of amides is 1. The predicted molar refractivity (Wildman–Crippen MR) is 82.7 cm³/mol. The summed E-state index contributed by atoms with van der Waals surface area (Å²) in [4.78, 5) is 11.0. The maximum Gasteiger partial charge on any atom is 0.229 e. The lowest BCUT2D eigenvalue weighted by atomic mass is 10.5. The van der Waals surface area contributed by atoms with Crippen molar-refractivity contribution in [1.29, 1.82) is 0 Å². The molecule has 1 aromatic rings. The maximum atomic E-state index is 11.0. The number of alkyl halides is 1. The van der Waals surface area contributed by atoms with Crippen molar-refractivity contribution in [3.8, 4) is 0 Å². The van der Waals surface area contributed by atoms with Crippen molar-refractivity contribution in [1.82, 2.24) is 20.3 Å². The fraction of sp³-hybridized carbons (Fsp3) is 0.750. The molecule has 114 valence electrons. The third kappa shape index (κ3) is 7.75. The normalized spacial score (nSPS) is 10.7. The molecule has 8 heteroatoms. The zero-order valence-electron chi connectivity index (χ0n) is 11.7. The Morgan fingerprint density at radius 2 is 2.25 bits per heavy atom. The number of carbonyl (C=O) groups is 1. The van der Waals surface area contributed by atoms with Gasteiger partial charge in [0.05, 0.1) is 37.0 Å². The molecule has 7 nitrogen and oxygen atoms in total. The highest BCUT2D eigenvalue weighted by Gasteiger charge is 2.01. The predicted octanol–water partition coefficient (Wildman–Crippen LogP) is 0.772. The molecule has 1 aromatic heterocycles. The summed E-state index contributed by atoms with van der Waals surface area (Å²) in [7, 11) is 0. The fourth-order valence-electron chi connectivity index (χ4n) is 1.41. The molecule has 0 fully saturated rings. The quantitative estimate of drug-likeness (QED) is 0.340. The monoisotopic (exact) mass is 396 g/mol. The van der Waals surface area contributed by atoms with Crippen molar-refractivity contribution in [3.05, 3.63) is 11.9 Å². The van der Waals surface area contributed by atoms with Crippen LogP contribution in [0.25, 0.3) is 0 Å². The van der Waals surface area contributed by atoms with Gasteiger partial charge in [0.1, 0.15) is 5.69 Å². The van der Waals surface area contributed by atoms with Crippen molar-refractivity contribution in [2.45, 2.75) is 26.5 Å².